The van der Waals surface area contributed by atoms with E-state index >= 15 is 0 Å². The van der Waals surface area contributed by atoms with Crippen molar-refractivity contribution in [3.05, 3.63) is 22.2 Å². The molecule has 0 unspecified atom stereocenters. The smallest absolute Gasteiger partial charge is 0.0860 e. The minimum absolute atomic E-state index is 0.688. The molecule has 0 saturated carbocycles. The second kappa shape index (κ2) is 5.22. The molecule has 0 fully saturated rings. The van der Waals surface area contributed by atoms with Gasteiger partial charge in [0.15, 0.2) is 0 Å². The Kier molecular flexibility index (Phi) is 4.22. The number of nitrogens with two attached hydrogens (primary N) is 2. The third-order valence-electron chi connectivity index (χ3n) is 2.14. The third kappa shape index (κ3) is 2.62. The second-order valence-corrected chi connectivity index (χ2v) is 4.14. The molecule has 1 rings (SSSR count). The van der Waals surface area contributed by atoms with Gasteiger partial charge in [-0.1, -0.05) is 13.3 Å². The van der Waals surface area contributed by atoms with Gasteiger partial charge in [-0.15, -0.1) is 0 Å². The fraction of sp³-hybridized carbons (Fsp3) is 0.400. The molecule has 1 aromatic carbocycles. The van der Waals surface area contributed by atoms with Crippen molar-refractivity contribution in [3.8, 4) is 0 Å². The average molecular weight is 258 g/mol. The summed E-state index contributed by atoms with van der Waals surface area (Å²) in [6.07, 6.45) is 3.43. The van der Waals surface area contributed by atoms with E-state index in [0.29, 0.717) is 5.69 Å². The first kappa shape index (κ1) is 11.3. The first-order chi connectivity index (χ1) is 6.69. The predicted molar refractivity (Wildman–Crippen MR) is 65.0 cm³/mol. The van der Waals surface area contributed by atoms with E-state index in [4.69, 9.17) is 11.6 Å². The van der Waals surface area contributed by atoms with Crippen LogP contribution < -0.4 is 17.0 Å². The van der Waals surface area contributed by atoms with Crippen molar-refractivity contribution in [2.45, 2.75) is 26.2 Å². The summed E-state index contributed by atoms with van der Waals surface area (Å²) in [5.41, 5.74) is 11.1. The van der Waals surface area contributed by atoms with Gasteiger partial charge in [0.2, 0.25) is 0 Å². The number of nitrogens with one attached hydrogen (secondary N) is 1. The highest BCUT2D eigenvalue weighted by Crippen LogP contribution is 2.29. The fourth-order valence-corrected chi connectivity index (χ4v) is 2.00. The first-order valence-electron chi connectivity index (χ1n) is 4.73. The Bertz CT molecular complexity index is 289. The van der Waals surface area contributed by atoms with E-state index in [2.05, 4.69) is 34.3 Å². The summed E-state index contributed by atoms with van der Waals surface area (Å²) in [6.45, 7) is 2.17. The van der Waals surface area contributed by atoms with E-state index in [1.54, 1.807) is 0 Å². The number of hydrogen-bond donors (Lipinski definition) is 3. The van der Waals surface area contributed by atoms with E-state index in [-0.39, 0.29) is 0 Å². The molecule has 0 aliphatic carbocycles. The van der Waals surface area contributed by atoms with Crippen LogP contribution in [0.1, 0.15) is 25.3 Å². The fourth-order valence-electron chi connectivity index (χ4n) is 1.36. The Labute approximate surface area is 93.0 Å². The van der Waals surface area contributed by atoms with Gasteiger partial charge in [0.05, 0.1) is 11.4 Å². The standard InChI is InChI=1S/C10H16BrN3/c1-2-3-4-7-5-8(11)10(14-13)9(12)6-7/h5-6,14H,2-4,12-13H2,1H3. The van der Waals surface area contributed by atoms with Gasteiger partial charge in [-0.3, -0.25) is 5.84 Å². The molecule has 0 amide bonds. The Hall–Kier alpha value is -0.740. The summed E-state index contributed by atoms with van der Waals surface area (Å²) in [4.78, 5) is 0. The van der Waals surface area contributed by atoms with Gasteiger partial charge < -0.3 is 11.2 Å². The number of anilines is 2. The molecule has 0 aliphatic heterocycles. The molecule has 0 spiro atoms. The van der Waals surface area contributed by atoms with Gasteiger partial charge in [0, 0.05) is 4.47 Å². The third-order valence-corrected chi connectivity index (χ3v) is 2.77. The van der Waals surface area contributed by atoms with E-state index < -0.39 is 0 Å². The Morgan fingerprint density at radius 3 is 2.64 bits per heavy atom. The molecule has 0 heterocycles. The number of rotatable bonds is 4. The molecule has 0 aliphatic rings. The highest BCUT2D eigenvalue weighted by atomic mass is 79.9. The van der Waals surface area contributed by atoms with Crippen molar-refractivity contribution in [3.63, 3.8) is 0 Å². The zero-order valence-corrected chi connectivity index (χ0v) is 9.89. The number of unbranched alkanes of at least 4 members (excludes halogenated alkanes) is 1. The largest absolute Gasteiger partial charge is 0.397 e. The summed E-state index contributed by atoms with van der Waals surface area (Å²) in [6, 6.07) is 4.02. The summed E-state index contributed by atoms with van der Waals surface area (Å²) < 4.78 is 0.922. The predicted octanol–water partition coefficient (Wildman–Crippen LogP) is 2.66. The number of halogens is 1. The molecule has 0 aromatic heterocycles. The minimum Gasteiger partial charge on any atom is -0.397 e. The van der Waals surface area contributed by atoms with Gasteiger partial charge in [-0.25, -0.2) is 0 Å². The quantitative estimate of drug-likeness (QED) is 0.442. The van der Waals surface area contributed by atoms with Crippen molar-refractivity contribution < 1.29 is 0 Å². The van der Waals surface area contributed by atoms with E-state index in [1.807, 2.05) is 6.07 Å². The van der Waals surface area contributed by atoms with Crippen LogP contribution in [0.2, 0.25) is 0 Å². The Morgan fingerprint density at radius 1 is 1.43 bits per heavy atom. The maximum atomic E-state index is 5.83. The zero-order chi connectivity index (χ0) is 10.6. The van der Waals surface area contributed by atoms with Crippen LogP contribution in [0, 0.1) is 0 Å². The molecule has 14 heavy (non-hydrogen) atoms. The molecule has 0 radical (unpaired) electrons. The van der Waals surface area contributed by atoms with Crippen molar-refractivity contribution in [2.75, 3.05) is 11.2 Å². The lowest BCUT2D eigenvalue weighted by Gasteiger charge is -2.10. The van der Waals surface area contributed by atoms with Crippen molar-refractivity contribution >= 4 is 27.3 Å². The van der Waals surface area contributed by atoms with Crippen LogP contribution in [0.5, 0.6) is 0 Å². The maximum absolute atomic E-state index is 5.83. The van der Waals surface area contributed by atoms with E-state index in [1.165, 1.54) is 18.4 Å². The number of hydrogen-bond acceptors (Lipinski definition) is 3. The first-order valence-corrected chi connectivity index (χ1v) is 5.52. The topological polar surface area (TPSA) is 64.1 Å². The van der Waals surface area contributed by atoms with Crippen LogP contribution in [0.25, 0.3) is 0 Å². The summed E-state index contributed by atoms with van der Waals surface area (Å²) in [5, 5.41) is 0. The Morgan fingerprint density at radius 2 is 2.14 bits per heavy atom. The van der Waals surface area contributed by atoms with Crippen LogP contribution in [-0.4, -0.2) is 0 Å². The highest BCUT2D eigenvalue weighted by Gasteiger charge is 2.05. The molecule has 5 N–H and O–H groups in total. The van der Waals surface area contributed by atoms with Crippen LogP contribution >= 0.6 is 15.9 Å². The molecule has 0 atom stereocenters. The van der Waals surface area contributed by atoms with Crippen molar-refractivity contribution in [1.82, 2.24) is 0 Å². The SMILES string of the molecule is CCCCc1cc(N)c(NN)c(Br)c1. The summed E-state index contributed by atoms with van der Waals surface area (Å²) in [7, 11) is 0. The monoisotopic (exact) mass is 257 g/mol. The lowest BCUT2D eigenvalue weighted by Crippen LogP contribution is -2.10. The maximum Gasteiger partial charge on any atom is 0.0860 e. The molecule has 0 bridgehead atoms. The molecule has 0 saturated heterocycles. The molecule has 1 aromatic rings. The van der Waals surface area contributed by atoms with E-state index in [0.717, 1.165) is 16.6 Å². The number of benzene rings is 1. The molecular weight excluding hydrogens is 242 g/mol. The lowest BCUT2D eigenvalue weighted by molar-refractivity contribution is 0.795. The van der Waals surface area contributed by atoms with Crippen molar-refractivity contribution in [1.29, 1.82) is 0 Å². The van der Waals surface area contributed by atoms with Gasteiger partial charge in [0.25, 0.3) is 0 Å². The lowest BCUT2D eigenvalue weighted by atomic mass is 10.1. The van der Waals surface area contributed by atoms with Gasteiger partial charge in [-0.05, 0) is 46.5 Å². The minimum atomic E-state index is 0.688. The van der Waals surface area contributed by atoms with Crippen LogP contribution in [0.15, 0.2) is 16.6 Å². The van der Waals surface area contributed by atoms with Gasteiger partial charge >= 0.3 is 0 Å². The normalized spacial score (nSPS) is 10.2. The highest BCUT2D eigenvalue weighted by molar-refractivity contribution is 9.10. The van der Waals surface area contributed by atoms with Crippen LogP contribution in [-0.2, 0) is 6.42 Å². The van der Waals surface area contributed by atoms with Crippen LogP contribution in [0.4, 0.5) is 11.4 Å². The zero-order valence-electron chi connectivity index (χ0n) is 8.31. The van der Waals surface area contributed by atoms with Gasteiger partial charge in [-0.2, -0.15) is 0 Å². The summed E-state index contributed by atoms with van der Waals surface area (Å²) in [5.74, 6) is 5.34. The van der Waals surface area contributed by atoms with E-state index in [9.17, 15) is 0 Å². The average Bonchev–Trinajstić information content (AvgIpc) is 2.14. The number of hydrazine groups is 1. The molecule has 3 nitrogen and oxygen atoms in total. The molecule has 78 valence electrons. The Balaban J connectivity index is 2.90. The van der Waals surface area contributed by atoms with Crippen LogP contribution in [0.3, 0.4) is 0 Å². The van der Waals surface area contributed by atoms with Gasteiger partial charge in [0.1, 0.15) is 0 Å². The molecule has 4 heteroatoms. The molecular formula is C10H16BrN3. The van der Waals surface area contributed by atoms with Crippen molar-refractivity contribution in [2.24, 2.45) is 5.84 Å². The number of nitrogen functional groups attached to an aromatic ring is 2. The number of aryl methyl sites for hydroxylation is 1. The summed E-state index contributed by atoms with van der Waals surface area (Å²) >= 11 is 3.43. The second-order valence-electron chi connectivity index (χ2n) is 3.29.